The maximum Gasteiger partial charge on any atom is 0.417 e. The minimum absolute atomic E-state index is 0.0521. The van der Waals surface area contributed by atoms with Crippen LogP contribution in [0.4, 0.5) is 13.2 Å². The van der Waals surface area contributed by atoms with Crippen LogP contribution in [0.25, 0.3) is 0 Å². The SMILES string of the molecule is FC(F)(F)C1=CCNC=C1Br. The highest BCUT2D eigenvalue weighted by Crippen LogP contribution is 2.34. The molecule has 1 aliphatic heterocycles. The number of hydrogen-bond donors (Lipinski definition) is 1. The molecule has 0 aromatic rings. The van der Waals surface area contributed by atoms with Crippen LogP contribution in [-0.4, -0.2) is 12.7 Å². The van der Waals surface area contributed by atoms with Gasteiger partial charge in [0.15, 0.2) is 0 Å². The minimum Gasteiger partial charge on any atom is -0.386 e. The van der Waals surface area contributed by atoms with Gasteiger partial charge >= 0.3 is 6.18 Å². The van der Waals surface area contributed by atoms with Gasteiger partial charge in [-0.15, -0.1) is 0 Å². The van der Waals surface area contributed by atoms with Gasteiger partial charge in [-0.05, 0) is 15.9 Å². The van der Waals surface area contributed by atoms with Crippen LogP contribution in [-0.2, 0) is 0 Å². The fraction of sp³-hybridized carbons (Fsp3) is 0.333. The zero-order valence-electron chi connectivity index (χ0n) is 5.37. The Hall–Kier alpha value is -0.450. The fourth-order valence-corrected chi connectivity index (χ4v) is 1.28. The summed E-state index contributed by atoms with van der Waals surface area (Å²) in [5.74, 6) is 0. The number of allylic oxidation sites excluding steroid dienone is 2. The second-order valence-corrected chi connectivity index (χ2v) is 2.87. The molecule has 1 N–H and O–H groups in total. The van der Waals surface area contributed by atoms with E-state index in [0.29, 0.717) is 0 Å². The van der Waals surface area contributed by atoms with Gasteiger partial charge in [0.25, 0.3) is 0 Å². The highest BCUT2D eigenvalue weighted by Gasteiger charge is 2.35. The molecule has 0 saturated heterocycles. The van der Waals surface area contributed by atoms with Crippen molar-refractivity contribution in [3.8, 4) is 0 Å². The van der Waals surface area contributed by atoms with E-state index in [9.17, 15) is 13.2 Å². The summed E-state index contributed by atoms with van der Waals surface area (Å²) in [6, 6.07) is 0. The molecule has 0 atom stereocenters. The van der Waals surface area contributed by atoms with Gasteiger partial charge in [0, 0.05) is 17.2 Å². The Bertz CT molecular complexity index is 216. The molecule has 1 rings (SSSR count). The molecule has 62 valence electrons. The number of nitrogens with one attached hydrogen (secondary N) is 1. The van der Waals surface area contributed by atoms with Gasteiger partial charge in [-0.3, -0.25) is 0 Å². The molecule has 0 radical (unpaired) electrons. The van der Waals surface area contributed by atoms with Crippen molar-refractivity contribution in [1.82, 2.24) is 5.32 Å². The van der Waals surface area contributed by atoms with Crippen LogP contribution in [0.1, 0.15) is 0 Å². The van der Waals surface area contributed by atoms with Crippen molar-refractivity contribution in [2.24, 2.45) is 0 Å². The first-order valence-corrected chi connectivity index (χ1v) is 3.68. The fourth-order valence-electron chi connectivity index (χ4n) is 0.736. The molecule has 1 nitrogen and oxygen atoms in total. The van der Waals surface area contributed by atoms with E-state index < -0.39 is 11.7 Å². The van der Waals surface area contributed by atoms with Gasteiger partial charge in [-0.25, -0.2) is 0 Å². The van der Waals surface area contributed by atoms with E-state index in [1.165, 1.54) is 6.20 Å². The molecule has 1 aliphatic rings. The smallest absolute Gasteiger partial charge is 0.386 e. The van der Waals surface area contributed by atoms with Crippen LogP contribution in [0, 0.1) is 0 Å². The molecule has 1 heterocycles. The molecule has 0 unspecified atom stereocenters. The quantitative estimate of drug-likeness (QED) is 0.670. The average molecular weight is 228 g/mol. The van der Waals surface area contributed by atoms with Crippen molar-refractivity contribution >= 4 is 15.9 Å². The molecule has 0 saturated carbocycles. The van der Waals surface area contributed by atoms with Crippen LogP contribution in [0.2, 0.25) is 0 Å². The van der Waals surface area contributed by atoms with Crippen molar-refractivity contribution in [1.29, 1.82) is 0 Å². The Morgan fingerprint density at radius 3 is 2.45 bits per heavy atom. The number of alkyl halides is 3. The van der Waals surface area contributed by atoms with Crippen molar-refractivity contribution in [2.75, 3.05) is 6.54 Å². The molecule has 0 spiro atoms. The lowest BCUT2D eigenvalue weighted by atomic mass is 10.2. The zero-order chi connectivity index (χ0) is 8.48. The van der Waals surface area contributed by atoms with Crippen molar-refractivity contribution < 1.29 is 13.2 Å². The lowest BCUT2D eigenvalue weighted by Crippen LogP contribution is -2.19. The zero-order valence-corrected chi connectivity index (χ0v) is 6.96. The molecule has 0 bridgehead atoms. The third-order valence-electron chi connectivity index (χ3n) is 1.22. The van der Waals surface area contributed by atoms with Gasteiger partial charge < -0.3 is 5.32 Å². The summed E-state index contributed by atoms with van der Waals surface area (Å²) in [7, 11) is 0. The van der Waals surface area contributed by atoms with E-state index in [2.05, 4.69) is 21.2 Å². The van der Waals surface area contributed by atoms with E-state index in [-0.39, 0.29) is 11.0 Å². The molecule has 0 aromatic heterocycles. The van der Waals surface area contributed by atoms with Crippen LogP contribution in [0.15, 0.2) is 22.3 Å². The highest BCUT2D eigenvalue weighted by atomic mass is 79.9. The first-order chi connectivity index (χ1) is 5.02. The third-order valence-corrected chi connectivity index (χ3v) is 1.87. The largest absolute Gasteiger partial charge is 0.417 e. The number of rotatable bonds is 0. The number of hydrogen-bond acceptors (Lipinski definition) is 1. The van der Waals surface area contributed by atoms with Crippen LogP contribution in [0.5, 0.6) is 0 Å². The Morgan fingerprint density at radius 1 is 1.45 bits per heavy atom. The second kappa shape index (κ2) is 2.89. The second-order valence-electron chi connectivity index (χ2n) is 2.02. The highest BCUT2D eigenvalue weighted by molar-refractivity contribution is 9.12. The van der Waals surface area contributed by atoms with Gasteiger partial charge in [-0.1, -0.05) is 6.08 Å². The third kappa shape index (κ3) is 1.99. The minimum atomic E-state index is -4.25. The van der Waals surface area contributed by atoms with E-state index in [0.717, 1.165) is 6.08 Å². The van der Waals surface area contributed by atoms with E-state index in [1.54, 1.807) is 0 Å². The Labute approximate surface area is 70.1 Å². The van der Waals surface area contributed by atoms with Crippen LogP contribution >= 0.6 is 15.9 Å². The Balaban J connectivity index is 2.87. The summed E-state index contributed by atoms with van der Waals surface area (Å²) in [4.78, 5) is 0. The van der Waals surface area contributed by atoms with Crippen molar-refractivity contribution in [2.45, 2.75) is 6.18 Å². The monoisotopic (exact) mass is 227 g/mol. The van der Waals surface area contributed by atoms with Crippen molar-refractivity contribution in [3.63, 3.8) is 0 Å². The summed E-state index contributed by atoms with van der Waals surface area (Å²) in [6.07, 6.45) is -1.86. The van der Waals surface area contributed by atoms with Gasteiger partial charge in [0.1, 0.15) is 0 Å². The van der Waals surface area contributed by atoms with E-state index >= 15 is 0 Å². The number of dihydropyridines is 1. The van der Waals surface area contributed by atoms with Gasteiger partial charge in [0.05, 0.1) is 5.57 Å². The molecule has 5 heteroatoms. The van der Waals surface area contributed by atoms with Crippen LogP contribution in [0.3, 0.4) is 0 Å². The van der Waals surface area contributed by atoms with Gasteiger partial charge in [-0.2, -0.15) is 13.2 Å². The Morgan fingerprint density at radius 2 is 2.09 bits per heavy atom. The summed E-state index contributed by atoms with van der Waals surface area (Å²) in [5, 5.41) is 2.65. The molecule has 0 aliphatic carbocycles. The normalized spacial score (nSPS) is 18.5. The molecular formula is C6H5BrF3N. The maximum absolute atomic E-state index is 12.0. The lowest BCUT2D eigenvalue weighted by Gasteiger charge is -2.14. The first kappa shape index (κ1) is 8.64. The van der Waals surface area contributed by atoms with E-state index in [1.807, 2.05) is 0 Å². The van der Waals surface area contributed by atoms with Gasteiger partial charge in [0.2, 0.25) is 0 Å². The number of halogens is 4. The molecule has 0 aromatic carbocycles. The topological polar surface area (TPSA) is 12.0 Å². The lowest BCUT2D eigenvalue weighted by molar-refractivity contribution is -0.0888. The molecule has 0 amide bonds. The Kier molecular flexibility index (Phi) is 2.27. The summed E-state index contributed by atoms with van der Waals surface area (Å²) >= 11 is 2.80. The van der Waals surface area contributed by atoms with E-state index in [4.69, 9.17) is 0 Å². The van der Waals surface area contributed by atoms with Crippen molar-refractivity contribution in [3.05, 3.63) is 22.3 Å². The molecule has 11 heavy (non-hydrogen) atoms. The summed E-state index contributed by atoms with van der Waals surface area (Å²) in [5.41, 5.74) is -0.615. The predicted molar refractivity (Wildman–Crippen MR) is 39.2 cm³/mol. The first-order valence-electron chi connectivity index (χ1n) is 2.88. The van der Waals surface area contributed by atoms with Crippen LogP contribution < -0.4 is 5.32 Å². The average Bonchev–Trinajstić information content (AvgIpc) is 1.86. The summed E-state index contributed by atoms with van der Waals surface area (Å²) in [6.45, 7) is 0.226. The molecule has 0 fully saturated rings. The molecular weight excluding hydrogens is 223 g/mol. The maximum atomic E-state index is 12.0. The predicted octanol–water partition coefficient (Wildman–Crippen LogP) is 2.31. The standard InChI is InChI=1S/C6H5BrF3N/c7-5-3-11-2-1-4(5)6(8,9)10/h1,3,11H,2H2. The summed E-state index contributed by atoms with van der Waals surface area (Å²) < 4.78 is 36.1.